The summed E-state index contributed by atoms with van der Waals surface area (Å²) < 4.78 is 12.5. The number of ether oxygens (including phenoxy) is 2. The van der Waals surface area contributed by atoms with Crippen molar-refractivity contribution in [2.45, 2.75) is 46.1 Å². The molecule has 35 heavy (non-hydrogen) atoms. The molecule has 3 aromatic rings. The Morgan fingerprint density at radius 1 is 1.03 bits per heavy atom. The molecule has 1 amide bonds. The van der Waals surface area contributed by atoms with Crippen LogP contribution in [0.25, 0.3) is 0 Å². The quantitative estimate of drug-likeness (QED) is 0.226. The lowest BCUT2D eigenvalue weighted by molar-refractivity contribution is -0.120. The van der Waals surface area contributed by atoms with Crippen LogP contribution in [0.5, 0.6) is 11.5 Å². The van der Waals surface area contributed by atoms with Crippen LogP contribution in [0.15, 0.2) is 70.2 Å². The summed E-state index contributed by atoms with van der Waals surface area (Å²) >= 11 is 9.52. The first kappa shape index (κ1) is 26.8. The molecule has 0 bridgehead atoms. The predicted molar refractivity (Wildman–Crippen MR) is 146 cm³/mol. The van der Waals surface area contributed by atoms with Crippen LogP contribution in [0, 0.1) is 0 Å². The molecule has 0 aliphatic carbocycles. The molecule has 0 spiro atoms. The minimum atomic E-state index is -0.184. The van der Waals surface area contributed by atoms with E-state index in [1.165, 1.54) is 5.56 Å². The molecule has 0 heterocycles. The Balaban J connectivity index is 1.63. The average Bonchev–Trinajstić information content (AvgIpc) is 2.80. The Labute approximate surface area is 220 Å². The number of carbonyl (C=O) groups is 1. The lowest BCUT2D eigenvalue weighted by Gasteiger charge is -2.19. The van der Waals surface area contributed by atoms with Crippen molar-refractivity contribution in [2.75, 3.05) is 6.61 Å². The lowest BCUT2D eigenvalue weighted by Crippen LogP contribution is -2.20. The maximum Gasteiger partial charge on any atom is 0.244 e. The zero-order valence-corrected chi connectivity index (χ0v) is 22.7. The van der Waals surface area contributed by atoms with Gasteiger partial charge in [-0.2, -0.15) is 5.10 Å². The maximum atomic E-state index is 12.3. The largest absolute Gasteiger partial charge is 0.490 e. The third-order valence-corrected chi connectivity index (χ3v) is 6.06. The van der Waals surface area contributed by atoms with E-state index in [0.29, 0.717) is 29.7 Å². The van der Waals surface area contributed by atoms with Crippen molar-refractivity contribution in [1.82, 2.24) is 5.43 Å². The van der Waals surface area contributed by atoms with Crippen LogP contribution in [0.1, 0.15) is 49.9 Å². The second-order valence-corrected chi connectivity index (χ2v) is 10.4. The van der Waals surface area contributed by atoms with Gasteiger partial charge in [-0.3, -0.25) is 4.79 Å². The van der Waals surface area contributed by atoms with Crippen LogP contribution in [-0.2, 0) is 23.2 Å². The number of carbonyl (C=O) groups excluding carboxylic acids is 1. The molecule has 7 heteroatoms. The number of hydrogen-bond donors (Lipinski definition) is 1. The summed E-state index contributed by atoms with van der Waals surface area (Å²) in [6, 6.07) is 19.3. The smallest absolute Gasteiger partial charge is 0.244 e. The molecule has 0 aliphatic heterocycles. The Hall–Kier alpha value is -2.83. The van der Waals surface area contributed by atoms with Crippen molar-refractivity contribution in [1.29, 1.82) is 0 Å². The van der Waals surface area contributed by atoms with Gasteiger partial charge >= 0.3 is 0 Å². The van der Waals surface area contributed by atoms with Crippen LogP contribution < -0.4 is 14.9 Å². The topological polar surface area (TPSA) is 59.9 Å². The highest BCUT2D eigenvalue weighted by atomic mass is 79.9. The number of hydrogen-bond acceptors (Lipinski definition) is 4. The van der Waals surface area contributed by atoms with Crippen molar-refractivity contribution in [3.8, 4) is 11.5 Å². The molecule has 0 saturated heterocycles. The molecule has 0 atom stereocenters. The van der Waals surface area contributed by atoms with E-state index >= 15 is 0 Å². The third-order valence-electron chi connectivity index (χ3n) is 5.22. The van der Waals surface area contributed by atoms with Gasteiger partial charge in [0.05, 0.1) is 23.7 Å². The fourth-order valence-corrected chi connectivity index (χ4v) is 4.03. The number of hydrazone groups is 1. The summed E-state index contributed by atoms with van der Waals surface area (Å²) in [6.07, 6.45) is 1.84. The molecule has 184 valence electrons. The molecule has 0 aliphatic rings. The standard InChI is InChI=1S/C28H30BrClN2O3/c1-5-34-25-15-21(14-24(29)27(25)35-18-20-8-12-23(30)13-9-20)17-31-32-26(33)16-19-6-10-22(11-7-19)28(2,3)4/h6-15,17H,5,16,18H2,1-4H3,(H,32,33). The molecular formula is C28H30BrClN2O3. The van der Waals surface area contributed by atoms with Gasteiger partial charge in [0, 0.05) is 5.02 Å². The first-order chi connectivity index (χ1) is 16.7. The summed E-state index contributed by atoms with van der Waals surface area (Å²) in [5.74, 6) is 1.00. The first-order valence-corrected chi connectivity index (χ1v) is 12.6. The molecule has 0 radical (unpaired) electrons. The lowest BCUT2D eigenvalue weighted by atomic mass is 9.86. The van der Waals surface area contributed by atoms with E-state index in [0.717, 1.165) is 21.2 Å². The van der Waals surface area contributed by atoms with Crippen molar-refractivity contribution >= 4 is 39.7 Å². The highest BCUT2D eigenvalue weighted by Crippen LogP contribution is 2.37. The average molecular weight is 558 g/mol. The molecule has 0 aromatic heterocycles. The summed E-state index contributed by atoms with van der Waals surface area (Å²) in [7, 11) is 0. The number of benzene rings is 3. The Bertz CT molecular complexity index is 1170. The summed E-state index contributed by atoms with van der Waals surface area (Å²) in [4.78, 5) is 12.3. The second kappa shape index (κ2) is 12.2. The van der Waals surface area contributed by atoms with Crippen LogP contribution in [0.3, 0.4) is 0 Å². The molecular weight excluding hydrogens is 528 g/mol. The molecule has 3 aromatic carbocycles. The maximum absolute atomic E-state index is 12.3. The monoisotopic (exact) mass is 556 g/mol. The minimum absolute atomic E-state index is 0.0795. The highest BCUT2D eigenvalue weighted by molar-refractivity contribution is 9.10. The van der Waals surface area contributed by atoms with Gasteiger partial charge in [0.1, 0.15) is 6.61 Å². The van der Waals surface area contributed by atoms with E-state index in [1.54, 1.807) is 6.21 Å². The highest BCUT2D eigenvalue weighted by Gasteiger charge is 2.14. The van der Waals surface area contributed by atoms with Crippen molar-refractivity contribution in [2.24, 2.45) is 5.10 Å². The predicted octanol–water partition coefficient (Wildman–Crippen LogP) is 7.07. The van der Waals surface area contributed by atoms with Gasteiger partial charge in [-0.25, -0.2) is 5.43 Å². The van der Waals surface area contributed by atoms with E-state index in [9.17, 15) is 4.79 Å². The minimum Gasteiger partial charge on any atom is -0.490 e. The summed E-state index contributed by atoms with van der Waals surface area (Å²) in [5, 5.41) is 4.79. The Morgan fingerprint density at radius 2 is 1.69 bits per heavy atom. The van der Waals surface area contributed by atoms with Crippen LogP contribution in [-0.4, -0.2) is 18.7 Å². The van der Waals surface area contributed by atoms with Crippen LogP contribution in [0.2, 0.25) is 5.02 Å². The Kier molecular flexibility index (Phi) is 9.35. The fraction of sp³-hybridized carbons (Fsp3) is 0.286. The SMILES string of the molecule is CCOc1cc(C=NNC(=O)Cc2ccc(C(C)(C)C)cc2)cc(Br)c1OCc1ccc(Cl)cc1. The zero-order chi connectivity index (χ0) is 25.4. The van der Waals surface area contributed by atoms with Gasteiger partial charge in [-0.15, -0.1) is 0 Å². The molecule has 0 unspecified atom stereocenters. The molecule has 1 N–H and O–H groups in total. The van der Waals surface area contributed by atoms with Gasteiger partial charge < -0.3 is 9.47 Å². The van der Waals surface area contributed by atoms with Gasteiger partial charge in [0.25, 0.3) is 0 Å². The number of nitrogens with zero attached hydrogens (tertiary/aromatic N) is 1. The summed E-state index contributed by atoms with van der Waals surface area (Å²) in [6.45, 7) is 9.25. The van der Waals surface area contributed by atoms with Gasteiger partial charge in [0.2, 0.25) is 5.91 Å². The molecule has 3 rings (SSSR count). The molecule has 0 saturated carbocycles. The first-order valence-electron chi connectivity index (χ1n) is 11.4. The number of rotatable bonds is 9. The van der Waals surface area contributed by atoms with Gasteiger partial charge in [-0.1, -0.05) is 68.8 Å². The van der Waals surface area contributed by atoms with Crippen LogP contribution in [0.4, 0.5) is 0 Å². The zero-order valence-electron chi connectivity index (χ0n) is 20.4. The van der Waals surface area contributed by atoms with Gasteiger partial charge in [-0.05, 0) is 74.8 Å². The van der Waals surface area contributed by atoms with Crippen molar-refractivity contribution in [3.63, 3.8) is 0 Å². The summed E-state index contributed by atoms with van der Waals surface area (Å²) in [5.41, 5.74) is 6.59. The van der Waals surface area contributed by atoms with E-state index in [1.807, 2.05) is 55.5 Å². The second-order valence-electron chi connectivity index (χ2n) is 9.10. The Morgan fingerprint density at radius 3 is 2.31 bits per heavy atom. The molecule has 0 fully saturated rings. The van der Waals surface area contributed by atoms with E-state index in [2.05, 4.69) is 59.4 Å². The molecule has 5 nitrogen and oxygen atoms in total. The van der Waals surface area contributed by atoms with E-state index in [-0.39, 0.29) is 17.7 Å². The van der Waals surface area contributed by atoms with E-state index in [4.69, 9.17) is 21.1 Å². The number of amides is 1. The third kappa shape index (κ3) is 8.11. The number of halogens is 2. The van der Waals surface area contributed by atoms with Crippen molar-refractivity contribution < 1.29 is 14.3 Å². The fourth-order valence-electron chi connectivity index (χ4n) is 3.33. The van der Waals surface area contributed by atoms with Crippen LogP contribution >= 0.6 is 27.5 Å². The van der Waals surface area contributed by atoms with Gasteiger partial charge in [0.15, 0.2) is 11.5 Å². The van der Waals surface area contributed by atoms with E-state index < -0.39 is 0 Å². The number of nitrogens with one attached hydrogen (secondary N) is 1. The normalized spacial score (nSPS) is 11.5. The van der Waals surface area contributed by atoms with Crippen molar-refractivity contribution in [3.05, 3.63) is 92.4 Å².